The van der Waals surface area contributed by atoms with Gasteiger partial charge in [-0.25, -0.2) is 9.78 Å². The average molecular weight is 250 g/mol. The Balaban J connectivity index is 2.08. The molecular weight excluding hydrogens is 232 g/mol. The van der Waals surface area contributed by atoms with Crippen molar-refractivity contribution in [3.63, 3.8) is 0 Å². The Labute approximate surface area is 107 Å². The maximum absolute atomic E-state index is 11.8. The molecule has 1 aliphatic heterocycles. The summed E-state index contributed by atoms with van der Waals surface area (Å²) in [6.45, 7) is 4.00. The van der Waals surface area contributed by atoms with Crippen LogP contribution in [0.15, 0.2) is 18.3 Å². The zero-order chi connectivity index (χ0) is 12.8. The van der Waals surface area contributed by atoms with Gasteiger partial charge < -0.3 is 14.8 Å². The van der Waals surface area contributed by atoms with Gasteiger partial charge in [-0.2, -0.15) is 0 Å². The van der Waals surface area contributed by atoms with Crippen molar-refractivity contribution in [1.82, 2.24) is 10.3 Å². The molecule has 0 atom stereocenters. The Morgan fingerprint density at radius 3 is 3.00 bits per heavy atom. The molecule has 2 rings (SSSR count). The number of ether oxygens (including phenoxy) is 2. The highest BCUT2D eigenvalue weighted by Gasteiger charge is 2.20. The highest BCUT2D eigenvalue weighted by molar-refractivity contribution is 5.91. The summed E-state index contributed by atoms with van der Waals surface area (Å²) in [6, 6.07) is 3.39. The zero-order valence-corrected chi connectivity index (χ0v) is 10.5. The molecule has 0 spiro atoms. The van der Waals surface area contributed by atoms with Gasteiger partial charge in [-0.05, 0) is 45.0 Å². The third kappa shape index (κ3) is 3.20. The van der Waals surface area contributed by atoms with Gasteiger partial charge >= 0.3 is 5.97 Å². The summed E-state index contributed by atoms with van der Waals surface area (Å²) in [5.41, 5.74) is 0.401. The van der Waals surface area contributed by atoms with Gasteiger partial charge in [0.25, 0.3) is 0 Å². The summed E-state index contributed by atoms with van der Waals surface area (Å²) in [5.74, 6) is -0.00242. The number of piperidine rings is 1. The van der Waals surface area contributed by atoms with Crippen LogP contribution in [-0.2, 0) is 4.74 Å². The van der Waals surface area contributed by atoms with Gasteiger partial charge in [0, 0.05) is 6.20 Å². The molecule has 0 bridgehead atoms. The minimum Gasteiger partial charge on any atom is -0.474 e. The fourth-order valence-electron chi connectivity index (χ4n) is 1.92. The number of hydrogen-bond acceptors (Lipinski definition) is 5. The van der Waals surface area contributed by atoms with E-state index in [4.69, 9.17) is 9.47 Å². The van der Waals surface area contributed by atoms with Gasteiger partial charge in [0.05, 0.1) is 6.61 Å². The number of pyridine rings is 1. The Bertz CT molecular complexity index is 403. The fourth-order valence-corrected chi connectivity index (χ4v) is 1.92. The van der Waals surface area contributed by atoms with Crippen molar-refractivity contribution in [1.29, 1.82) is 0 Å². The van der Waals surface area contributed by atoms with Crippen molar-refractivity contribution in [3.8, 4) is 5.88 Å². The summed E-state index contributed by atoms with van der Waals surface area (Å²) in [7, 11) is 0. The lowest BCUT2D eigenvalue weighted by Gasteiger charge is -2.23. The predicted molar refractivity (Wildman–Crippen MR) is 66.7 cm³/mol. The molecule has 1 aliphatic rings. The number of carbonyl (C=O) groups excluding carboxylic acids is 1. The topological polar surface area (TPSA) is 60.5 Å². The molecule has 2 heterocycles. The molecule has 0 aromatic carbocycles. The van der Waals surface area contributed by atoms with Crippen LogP contribution in [0.25, 0.3) is 0 Å². The largest absolute Gasteiger partial charge is 0.474 e. The minimum atomic E-state index is -0.380. The van der Waals surface area contributed by atoms with Gasteiger partial charge in [0.2, 0.25) is 5.88 Å². The molecule has 5 heteroatoms. The normalized spacial score (nSPS) is 16.3. The highest BCUT2D eigenvalue weighted by atomic mass is 16.5. The first-order valence-corrected chi connectivity index (χ1v) is 6.30. The average Bonchev–Trinajstić information content (AvgIpc) is 2.41. The van der Waals surface area contributed by atoms with Crippen LogP contribution >= 0.6 is 0 Å². The van der Waals surface area contributed by atoms with Crippen LogP contribution in [0.5, 0.6) is 5.88 Å². The Morgan fingerprint density at radius 2 is 2.28 bits per heavy atom. The molecule has 1 fully saturated rings. The van der Waals surface area contributed by atoms with Crippen molar-refractivity contribution >= 4 is 5.97 Å². The summed E-state index contributed by atoms with van der Waals surface area (Å²) >= 11 is 0. The first kappa shape index (κ1) is 12.8. The van der Waals surface area contributed by atoms with E-state index in [1.165, 1.54) is 0 Å². The Hall–Kier alpha value is -1.62. The van der Waals surface area contributed by atoms with E-state index in [9.17, 15) is 4.79 Å². The molecule has 0 unspecified atom stereocenters. The summed E-state index contributed by atoms with van der Waals surface area (Å²) < 4.78 is 10.8. The summed E-state index contributed by atoms with van der Waals surface area (Å²) in [6.07, 6.45) is 3.60. The highest BCUT2D eigenvalue weighted by Crippen LogP contribution is 2.19. The van der Waals surface area contributed by atoms with Gasteiger partial charge in [0.1, 0.15) is 11.7 Å². The molecule has 1 aromatic heterocycles. The molecule has 5 nitrogen and oxygen atoms in total. The van der Waals surface area contributed by atoms with Gasteiger partial charge in [-0.15, -0.1) is 0 Å². The van der Waals surface area contributed by atoms with Gasteiger partial charge in [0.15, 0.2) is 0 Å². The molecule has 18 heavy (non-hydrogen) atoms. The molecule has 0 aliphatic carbocycles. The van der Waals surface area contributed by atoms with Crippen molar-refractivity contribution < 1.29 is 14.3 Å². The Kier molecular flexibility index (Phi) is 4.52. The molecule has 1 aromatic rings. The van der Waals surface area contributed by atoms with Crippen molar-refractivity contribution in [3.05, 3.63) is 23.9 Å². The van der Waals surface area contributed by atoms with E-state index in [-0.39, 0.29) is 12.1 Å². The van der Waals surface area contributed by atoms with Crippen LogP contribution in [0.3, 0.4) is 0 Å². The minimum absolute atomic E-state index is 0.120. The van der Waals surface area contributed by atoms with Gasteiger partial charge in [-0.1, -0.05) is 0 Å². The lowest BCUT2D eigenvalue weighted by Crippen LogP contribution is -2.34. The number of carbonyl (C=O) groups is 1. The van der Waals surface area contributed by atoms with E-state index < -0.39 is 0 Å². The third-order valence-electron chi connectivity index (χ3n) is 2.83. The molecule has 98 valence electrons. The van der Waals surface area contributed by atoms with Gasteiger partial charge in [-0.3, -0.25) is 0 Å². The first-order chi connectivity index (χ1) is 8.81. The SMILES string of the molecule is CCOC(=O)c1cccnc1OC1CCNCC1. The number of aromatic nitrogens is 1. The molecule has 0 saturated carbocycles. The van der Waals surface area contributed by atoms with Crippen LogP contribution in [0.1, 0.15) is 30.1 Å². The predicted octanol–water partition coefficient (Wildman–Crippen LogP) is 1.39. The standard InChI is InChI=1S/C13H18N2O3/c1-2-17-13(16)11-4-3-7-15-12(11)18-10-5-8-14-9-6-10/h3-4,7,10,14H,2,5-6,8-9H2,1H3. The molecule has 1 saturated heterocycles. The maximum Gasteiger partial charge on any atom is 0.343 e. The maximum atomic E-state index is 11.8. The summed E-state index contributed by atoms with van der Waals surface area (Å²) in [5, 5.41) is 3.27. The van der Waals surface area contributed by atoms with Crippen LogP contribution in [-0.4, -0.2) is 36.8 Å². The molecule has 0 amide bonds. The quantitative estimate of drug-likeness (QED) is 0.818. The van der Waals surface area contributed by atoms with E-state index in [2.05, 4.69) is 10.3 Å². The van der Waals surface area contributed by atoms with E-state index in [0.29, 0.717) is 18.1 Å². The van der Waals surface area contributed by atoms with E-state index in [1.807, 2.05) is 0 Å². The smallest absolute Gasteiger partial charge is 0.343 e. The number of hydrogen-bond donors (Lipinski definition) is 1. The van der Waals surface area contributed by atoms with E-state index in [0.717, 1.165) is 25.9 Å². The third-order valence-corrected chi connectivity index (χ3v) is 2.83. The number of nitrogens with one attached hydrogen (secondary N) is 1. The molecular formula is C13H18N2O3. The van der Waals surface area contributed by atoms with Crippen molar-refractivity contribution in [2.75, 3.05) is 19.7 Å². The number of esters is 1. The second kappa shape index (κ2) is 6.35. The lowest BCUT2D eigenvalue weighted by molar-refractivity contribution is 0.0515. The zero-order valence-electron chi connectivity index (χ0n) is 10.5. The lowest BCUT2D eigenvalue weighted by atomic mass is 10.1. The second-order valence-corrected chi connectivity index (χ2v) is 4.14. The van der Waals surface area contributed by atoms with Crippen LogP contribution in [0, 0.1) is 0 Å². The van der Waals surface area contributed by atoms with Crippen molar-refractivity contribution in [2.24, 2.45) is 0 Å². The monoisotopic (exact) mass is 250 g/mol. The van der Waals surface area contributed by atoms with Crippen molar-refractivity contribution in [2.45, 2.75) is 25.9 Å². The Morgan fingerprint density at radius 1 is 1.50 bits per heavy atom. The number of nitrogens with zero attached hydrogens (tertiary/aromatic N) is 1. The van der Waals surface area contributed by atoms with Crippen LogP contribution in [0.4, 0.5) is 0 Å². The summed E-state index contributed by atoms with van der Waals surface area (Å²) in [4.78, 5) is 15.9. The number of rotatable bonds is 4. The fraction of sp³-hybridized carbons (Fsp3) is 0.538. The van der Waals surface area contributed by atoms with E-state index in [1.54, 1.807) is 25.3 Å². The van der Waals surface area contributed by atoms with Crippen LogP contribution < -0.4 is 10.1 Å². The van der Waals surface area contributed by atoms with E-state index >= 15 is 0 Å². The first-order valence-electron chi connectivity index (χ1n) is 6.30. The van der Waals surface area contributed by atoms with Crippen LogP contribution in [0.2, 0.25) is 0 Å². The molecule has 0 radical (unpaired) electrons. The molecule has 1 N–H and O–H groups in total. The second-order valence-electron chi connectivity index (χ2n) is 4.14.